The first-order valence-electron chi connectivity index (χ1n) is 9.68. The number of aromatic nitrogens is 3. The molecule has 7 heteroatoms. The highest BCUT2D eigenvalue weighted by atomic mass is 16.6. The van der Waals surface area contributed by atoms with Gasteiger partial charge in [-0.1, -0.05) is 17.3 Å². The normalized spacial score (nSPS) is 13.7. The van der Waals surface area contributed by atoms with E-state index in [1.807, 2.05) is 24.3 Å². The van der Waals surface area contributed by atoms with E-state index in [9.17, 15) is 9.59 Å². The monoisotopic (exact) mass is 391 g/mol. The minimum atomic E-state index is -0.699. The van der Waals surface area contributed by atoms with E-state index in [0.29, 0.717) is 17.0 Å². The van der Waals surface area contributed by atoms with Gasteiger partial charge in [-0.25, -0.2) is 0 Å². The smallest absolute Gasteiger partial charge is 0.307 e. The van der Waals surface area contributed by atoms with Crippen LogP contribution in [0.25, 0.3) is 11.4 Å². The van der Waals surface area contributed by atoms with Gasteiger partial charge in [0.2, 0.25) is 5.82 Å². The molecular formula is C22H21N3O4. The number of carbonyl (C=O) groups is 2. The van der Waals surface area contributed by atoms with E-state index in [-0.39, 0.29) is 24.5 Å². The third-order valence-corrected chi connectivity index (χ3v) is 4.99. The molecule has 1 aromatic carbocycles. The fraction of sp³-hybridized carbons (Fsp3) is 0.318. The maximum atomic E-state index is 12.4. The van der Waals surface area contributed by atoms with Crippen LogP contribution in [-0.2, 0) is 22.4 Å². The molecule has 2 heterocycles. The van der Waals surface area contributed by atoms with Crippen molar-refractivity contribution < 1.29 is 18.8 Å². The molecule has 3 aromatic rings. The molecule has 0 amide bonds. The molecule has 0 radical (unpaired) electrons. The minimum Gasteiger partial charge on any atom is -0.453 e. The lowest BCUT2D eigenvalue weighted by Crippen LogP contribution is -2.11. The predicted molar refractivity (Wildman–Crippen MR) is 104 cm³/mol. The van der Waals surface area contributed by atoms with Crippen LogP contribution < -0.4 is 0 Å². The molecule has 7 nitrogen and oxygen atoms in total. The van der Waals surface area contributed by atoms with Gasteiger partial charge in [-0.2, -0.15) is 4.98 Å². The molecule has 2 aromatic heterocycles. The fourth-order valence-electron chi connectivity index (χ4n) is 3.42. The molecule has 0 aliphatic heterocycles. The summed E-state index contributed by atoms with van der Waals surface area (Å²) in [6.07, 6.45) is 5.91. The van der Waals surface area contributed by atoms with Crippen LogP contribution in [0.5, 0.6) is 0 Å². The SMILES string of the molecule is CC(OC(=O)CCC(=O)c1ccc2c(c1)CCC2)c1nc(-c2cccnc2)no1. The molecular weight excluding hydrogens is 370 g/mol. The van der Waals surface area contributed by atoms with Crippen molar-refractivity contribution in [3.8, 4) is 11.4 Å². The van der Waals surface area contributed by atoms with Gasteiger partial charge in [-0.05, 0) is 55.5 Å². The third-order valence-electron chi connectivity index (χ3n) is 4.99. The molecule has 0 saturated carbocycles. The van der Waals surface area contributed by atoms with E-state index in [2.05, 4.69) is 15.1 Å². The van der Waals surface area contributed by atoms with Gasteiger partial charge in [0.1, 0.15) is 0 Å². The number of benzene rings is 1. The predicted octanol–water partition coefficient (Wildman–Crippen LogP) is 3.89. The molecule has 0 N–H and O–H groups in total. The minimum absolute atomic E-state index is 0.00383. The summed E-state index contributed by atoms with van der Waals surface area (Å²) in [6, 6.07) is 9.40. The molecule has 29 heavy (non-hydrogen) atoms. The van der Waals surface area contributed by atoms with Crippen molar-refractivity contribution in [3.05, 3.63) is 65.3 Å². The van der Waals surface area contributed by atoms with Gasteiger partial charge in [0, 0.05) is 29.9 Å². The van der Waals surface area contributed by atoms with Crippen LogP contribution in [-0.4, -0.2) is 26.9 Å². The van der Waals surface area contributed by atoms with Crippen molar-refractivity contribution in [2.45, 2.75) is 45.1 Å². The third kappa shape index (κ3) is 4.39. The lowest BCUT2D eigenvalue weighted by Gasteiger charge is -2.09. The highest BCUT2D eigenvalue weighted by Crippen LogP contribution is 2.24. The highest BCUT2D eigenvalue weighted by Gasteiger charge is 2.20. The topological polar surface area (TPSA) is 95.2 Å². The van der Waals surface area contributed by atoms with Crippen LogP contribution in [0.2, 0.25) is 0 Å². The number of Topliss-reactive ketones (excluding diaryl/α,β-unsaturated/α-hetero) is 1. The summed E-state index contributed by atoms with van der Waals surface area (Å²) in [4.78, 5) is 32.8. The number of rotatable bonds is 7. The van der Waals surface area contributed by atoms with Crippen molar-refractivity contribution in [1.29, 1.82) is 0 Å². The van der Waals surface area contributed by atoms with Crippen molar-refractivity contribution in [3.63, 3.8) is 0 Å². The van der Waals surface area contributed by atoms with E-state index in [1.165, 1.54) is 11.1 Å². The van der Waals surface area contributed by atoms with Crippen LogP contribution in [0, 0.1) is 0 Å². The molecule has 4 rings (SSSR count). The lowest BCUT2D eigenvalue weighted by molar-refractivity contribution is -0.149. The first-order valence-corrected chi connectivity index (χ1v) is 9.68. The molecule has 0 fully saturated rings. The second-order valence-corrected chi connectivity index (χ2v) is 7.09. The Morgan fingerprint density at radius 1 is 1.17 bits per heavy atom. The van der Waals surface area contributed by atoms with E-state index >= 15 is 0 Å². The van der Waals surface area contributed by atoms with Gasteiger partial charge < -0.3 is 9.26 Å². The van der Waals surface area contributed by atoms with Gasteiger partial charge in [-0.15, -0.1) is 0 Å². The number of esters is 1. The molecule has 0 spiro atoms. The highest BCUT2D eigenvalue weighted by molar-refractivity contribution is 5.97. The van der Waals surface area contributed by atoms with Crippen LogP contribution in [0.15, 0.2) is 47.2 Å². The molecule has 1 aliphatic rings. The Kier molecular flexibility index (Phi) is 5.46. The molecule has 148 valence electrons. The Hall–Kier alpha value is -3.35. The van der Waals surface area contributed by atoms with Crippen molar-refractivity contribution in [2.24, 2.45) is 0 Å². The summed E-state index contributed by atoms with van der Waals surface area (Å²) >= 11 is 0. The number of ketones is 1. The van der Waals surface area contributed by atoms with E-state index in [4.69, 9.17) is 9.26 Å². The Morgan fingerprint density at radius 3 is 2.86 bits per heavy atom. The standard InChI is InChI=1S/C22H21N3O4/c1-14(22-24-21(25-29-22)18-6-3-11-23-13-18)28-20(27)10-9-19(26)17-8-7-15-4-2-5-16(15)12-17/h3,6-8,11-14H,2,4-5,9-10H2,1H3. The number of ether oxygens (including phenoxy) is 1. The Balaban J connectivity index is 1.30. The molecule has 1 aliphatic carbocycles. The lowest BCUT2D eigenvalue weighted by atomic mass is 10.0. The quantitative estimate of drug-likeness (QED) is 0.445. The average Bonchev–Trinajstić information content (AvgIpc) is 3.41. The van der Waals surface area contributed by atoms with Crippen molar-refractivity contribution in [1.82, 2.24) is 15.1 Å². The van der Waals surface area contributed by atoms with Crippen LogP contribution in [0.1, 0.15) is 59.7 Å². The number of pyridine rings is 1. The van der Waals surface area contributed by atoms with E-state index in [0.717, 1.165) is 19.3 Å². The zero-order valence-corrected chi connectivity index (χ0v) is 16.1. The van der Waals surface area contributed by atoms with Crippen molar-refractivity contribution in [2.75, 3.05) is 0 Å². The second-order valence-electron chi connectivity index (χ2n) is 7.09. The number of nitrogens with zero attached hydrogens (tertiary/aromatic N) is 3. The number of aryl methyl sites for hydroxylation is 2. The summed E-state index contributed by atoms with van der Waals surface area (Å²) in [5.74, 6) is 0.0408. The number of hydrogen-bond acceptors (Lipinski definition) is 7. The van der Waals surface area contributed by atoms with Crippen LogP contribution >= 0.6 is 0 Å². The number of hydrogen-bond donors (Lipinski definition) is 0. The maximum Gasteiger partial charge on any atom is 0.307 e. The Bertz CT molecular complexity index is 1030. The van der Waals surface area contributed by atoms with Gasteiger partial charge >= 0.3 is 5.97 Å². The second kappa shape index (κ2) is 8.34. The summed E-state index contributed by atoms with van der Waals surface area (Å²) in [6.45, 7) is 1.65. The van der Waals surface area contributed by atoms with Gasteiger partial charge in [-0.3, -0.25) is 14.6 Å². The number of carbonyl (C=O) groups excluding carboxylic acids is 2. The fourth-order valence-corrected chi connectivity index (χ4v) is 3.42. The maximum absolute atomic E-state index is 12.4. The van der Waals surface area contributed by atoms with Crippen molar-refractivity contribution >= 4 is 11.8 Å². The Labute approximate surface area is 168 Å². The molecule has 1 unspecified atom stereocenters. The molecule has 0 saturated heterocycles. The summed E-state index contributed by atoms with van der Waals surface area (Å²) in [5, 5.41) is 3.89. The van der Waals surface area contributed by atoms with Crippen LogP contribution in [0.3, 0.4) is 0 Å². The average molecular weight is 391 g/mol. The van der Waals surface area contributed by atoms with Gasteiger partial charge in [0.15, 0.2) is 11.9 Å². The molecule has 0 bridgehead atoms. The summed E-state index contributed by atoms with van der Waals surface area (Å²) in [5.41, 5.74) is 3.93. The first kappa shape index (κ1) is 19.0. The summed E-state index contributed by atoms with van der Waals surface area (Å²) in [7, 11) is 0. The van der Waals surface area contributed by atoms with E-state index < -0.39 is 12.1 Å². The number of fused-ring (bicyclic) bond motifs is 1. The largest absolute Gasteiger partial charge is 0.453 e. The molecule has 1 atom stereocenters. The van der Waals surface area contributed by atoms with Gasteiger partial charge in [0.25, 0.3) is 5.89 Å². The van der Waals surface area contributed by atoms with E-state index in [1.54, 1.807) is 25.4 Å². The first-order chi connectivity index (χ1) is 14.1. The van der Waals surface area contributed by atoms with Crippen LogP contribution in [0.4, 0.5) is 0 Å². The Morgan fingerprint density at radius 2 is 2.03 bits per heavy atom. The summed E-state index contributed by atoms with van der Waals surface area (Å²) < 4.78 is 10.5. The van der Waals surface area contributed by atoms with Gasteiger partial charge in [0.05, 0.1) is 6.42 Å². The zero-order chi connectivity index (χ0) is 20.2. The zero-order valence-electron chi connectivity index (χ0n) is 16.1.